The summed E-state index contributed by atoms with van der Waals surface area (Å²) in [5.74, 6) is -0.530. The minimum Gasteiger partial charge on any atom is -0.495 e. The lowest BCUT2D eigenvalue weighted by molar-refractivity contribution is 0.0899. The smallest absolute Gasteiger partial charge is 0.250 e. The number of carbonyl (C=O) groups excluding carboxylic acids is 2. The number of Topliss-reactive ketones (excluding diaryl/α,β-unsaturated/α-hetero) is 2. The summed E-state index contributed by atoms with van der Waals surface area (Å²) in [6.07, 6.45) is 2.72. The summed E-state index contributed by atoms with van der Waals surface area (Å²) in [6, 6.07) is 7.03. The Morgan fingerprint density at radius 2 is 1.57 bits per heavy atom. The molecule has 7 heteroatoms. The third-order valence-electron chi connectivity index (χ3n) is 3.36. The van der Waals surface area contributed by atoms with Gasteiger partial charge in [-0.2, -0.15) is 0 Å². The topological polar surface area (TPSA) is 90.4 Å². The van der Waals surface area contributed by atoms with E-state index in [2.05, 4.69) is 15.3 Å². The largest absolute Gasteiger partial charge is 0.495 e. The molecule has 2 aromatic rings. The van der Waals surface area contributed by atoms with Crippen LogP contribution in [0.4, 0.5) is 5.69 Å². The molecule has 116 valence electrons. The summed E-state index contributed by atoms with van der Waals surface area (Å²) < 4.78 is 10.4. The van der Waals surface area contributed by atoms with Crippen LogP contribution in [-0.4, -0.2) is 35.8 Å². The first-order valence-electron chi connectivity index (χ1n) is 6.76. The SMILES string of the molecule is COC1=C(Nc2ccccc2OC)C(=O)c2nccnc2C1=O. The Kier molecular flexibility index (Phi) is 3.76. The number of benzene rings is 1. The van der Waals surface area contributed by atoms with Gasteiger partial charge in [-0.25, -0.2) is 9.97 Å². The number of ether oxygens (including phenoxy) is 2. The molecule has 0 amide bonds. The molecule has 1 N–H and O–H groups in total. The molecular weight excluding hydrogens is 298 g/mol. The second-order valence-electron chi connectivity index (χ2n) is 4.65. The Morgan fingerprint density at radius 3 is 2.22 bits per heavy atom. The first-order valence-corrected chi connectivity index (χ1v) is 6.76. The van der Waals surface area contributed by atoms with Gasteiger partial charge in [0.2, 0.25) is 5.78 Å². The van der Waals surface area contributed by atoms with Gasteiger partial charge in [0.15, 0.2) is 5.76 Å². The van der Waals surface area contributed by atoms with Crippen molar-refractivity contribution in [3.05, 3.63) is 59.5 Å². The van der Waals surface area contributed by atoms with Crippen LogP contribution in [0.5, 0.6) is 5.75 Å². The highest BCUT2D eigenvalue weighted by Gasteiger charge is 2.36. The number of hydrogen-bond donors (Lipinski definition) is 1. The van der Waals surface area contributed by atoms with Gasteiger partial charge < -0.3 is 14.8 Å². The summed E-state index contributed by atoms with van der Waals surface area (Å²) in [4.78, 5) is 33.0. The Hall–Kier alpha value is -3.22. The first kappa shape index (κ1) is 14.7. The number of carbonyl (C=O) groups is 2. The van der Waals surface area contributed by atoms with Crippen LogP contribution < -0.4 is 10.1 Å². The predicted molar refractivity (Wildman–Crippen MR) is 81.3 cm³/mol. The van der Waals surface area contributed by atoms with Crippen LogP contribution in [0.3, 0.4) is 0 Å². The van der Waals surface area contributed by atoms with Gasteiger partial charge in [-0.15, -0.1) is 0 Å². The van der Waals surface area contributed by atoms with E-state index in [1.165, 1.54) is 26.6 Å². The van der Waals surface area contributed by atoms with E-state index in [1.54, 1.807) is 24.3 Å². The molecule has 7 nitrogen and oxygen atoms in total. The minimum absolute atomic E-state index is 0.00398. The van der Waals surface area contributed by atoms with E-state index in [0.717, 1.165) is 0 Å². The monoisotopic (exact) mass is 311 g/mol. The third-order valence-corrected chi connectivity index (χ3v) is 3.36. The maximum absolute atomic E-state index is 12.6. The van der Waals surface area contributed by atoms with Gasteiger partial charge in [0.25, 0.3) is 5.78 Å². The predicted octanol–water partition coefficient (Wildman–Crippen LogP) is 1.83. The Labute approximate surface area is 132 Å². The van der Waals surface area contributed by atoms with Crippen LogP contribution in [0.25, 0.3) is 0 Å². The molecule has 1 aliphatic carbocycles. The van der Waals surface area contributed by atoms with Gasteiger partial charge in [0.1, 0.15) is 22.8 Å². The molecule has 0 saturated heterocycles. The number of aromatic nitrogens is 2. The highest BCUT2D eigenvalue weighted by molar-refractivity contribution is 6.25. The lowest BCUT2D eigenvalue weighted by atomic mass is 9.99. The van der Waals surface area contributed by atoms with Crippen molar-refractivity contribution in [2.75, 3.05) is 19.5 Å². The molecule has 0 aliphatic heterocycles. The molecule has 0 radical (unpaired) electrons. The standard InChI is InChI=1S/C16H13N3O4/c1-22-10-6-4-3-5-9(10)19-13-14(20)11-12(18-8-7-17-11)15(21)16(13)23-2/h3-8,19H,1-2H3. The Bertz CT molecular complexity index is 830. The van der Waals surface area contributed by atoms with Crippen molar-refractivity contribution in [3.63, 3.8) is 0 Å². The van der Waals surface area contributed by atoms with Crippen molar-refractivity contribution in [1.29, 1.82) is 0 Å². The van der Waals surface area contributed by atoms with Crippen LogP contribution in [0.2, 0.25) is 0 Å². The number of rotatable bonds is 4. The zero-order valence-electron chi connectivity index (χ0n) is 12.5. The van der Waals surface area contributed by atoms with E-state index >= 15 is 0 Å². The number of methoxy groups -OCH3 is 2. The molecule has 0 saturated carbocycles. The van der Waals surface area contributed by atoms with Gasteiger partial charge in [-0.1, -0.05) is 12.1 Å². The molecule has 1 aliphatic rings. The number of allylic oxidation sites excluding steroid dienone is 2. The Morgan fingerprint density at radius 1 is 0.913 bits per heavy atom. The van der Waals surface area contributed by atoms with E-state index in [9.17, 15) is 9.59 Å². The van der Waals surface area contributed by atoms with E-state index < -0.39 is 11.6 Å². The van der Waals surface area contributed by atoms with Crippen molar-refractivity contribution >= 4 is 17.3 Å². The summed E-state index contributed by atoms with van der Waals surface area (Å²) in [7, 11) is 2.84. The van der Waals surface area contributed by atoms with Crippen LogP contribution in [0.15, 0.2) is 48.1 Å². The lowest BCUT2D eigenvalue weighted by Crippen LogP contribution is -2.29. The summed E-state index contributed by atoms with van der Waals surface area (Å²) >= 11 is 0. The van der Waals surface area contributed by atoms with E-state index in [0.29, 0.717) is 11.4 Å². The fraction of sp³-hybridized carbons (Fsp3) is 0.125. The van der Waals surface area contributed by atoms with Crippen LogP contribution in [0, 0.1) is 0 Å². The van der Waals surface area contributed by atoms with Crippen LogP contribution in [-0.2, 0) is 4.74 Å². The van der Waals surface area contributed by atoms with Gasteiger partial charge in [-0.05, 0) is 12.1 Å². The van der Waals surface area contributed by atoms with E-state index in [1.807, 2.05) is 0 Å². The summed E-state index contributed by atoms with van der Waals surface area (Å²) in [5.41, 5.74) is 0.527. The average molecular weight is 311 g/mol. The molecule has 1 heterocycles. The molecule has 23 heavy (non-hydrogen) atoms. The molecular formula is C16H13N3O4. The van der Waals surface area contributed by atoms with Crippen LogP contribution >= 0.6 is 0 Å². The van der Waals surface area contributed by atoms with Crippen molar-refractivity contribution in [2.45, 2.75) is 0 Å². The van der Waals surface area contributed by atoms with Crippen molar-refractivity contribution in [3.8, 4) is 5.75 Å². The van der Waals surface area contributed by atoms with Gasteiger partial charge in [-0.3, -0.25) is 9.59 Å². The maximum atomic E-state index is 12.6. The minimum atomic E-state index is -0.493. The number of ketones is 2. The molecule has 0 atom stereocenters. The second kappa shape index (κ2) is 5.88. The van der Waals surface area contributed by atoms with Gasteiger partial charge in [0, 0.05) is 12.4 Å². The van der Waals surface area contributed by atoms with Crippen molar-refractivity contribution < 1.29 is 19.1 Å². The van der Waals surface area contributed by atoms with E-state index in [-0.39, 0.29) is 22.8 Å². The van der Waals surface area contributed by atoms with Gasteiger partial charge >= 0.3 is 0 Å². The fourth-order valence-electron chi connectivity index (χ4n) is 2.30. The number of nitrogens with one attached hydrogen (secondary N) is 1. The summed E-state index contributed by atoms with van der Waals surface area (Å²) in [5, 5.41) is 2.91. The molecule has 0 spiro atoms. The van der Waals surface area contributed by atoms with Crippen molar-refractivity contribution in [1.82, 2.24) is 9.97 Å². The first-order chi connectivity index (χ1) is 11.2. The van der Waals surface area contributed by atoms with Crippen molar-refractivity contribution in [2.24, 2.45) is 0 Å². The Balaban J connectivity index is 2.10. The van der Waals surface area contributed by atoms with Crippen LogP contribution in [0.1, 0.15) is 21.0 Å². The molecule has 0 bridgehead atoms. The zero-order chi connectivity index (χ0) is 16.4. The number of para-hydroxylation sites is 2. The normalized spacial score (nSPS) is 13.7. The van der Waals surface area contributed by atoms with E-state index in [4.69, 9.17) is 9.47 Å². The third kappa shape index (κ3) is 2.42. The lowest BCUT2D eigenvalue weighted by Gasteiger charge is -2.20. The number of nitrogens with zero attached hydrogens (tertiary/aromatic N) is 2. The number of fused-ring (bicyclic) bond motifs is 1. The second-order valence-corrected chi connectivity index (χ2v) is 4.65. The number of anilines is 1. The fourth-order valence-corrected chi connectivity index (χ4v) is 2.30. The highest BCUT2D eigenvalue weighted by Crippen LogP contribution is 2.29. The maximum Gasteiger partial charge on any atom is 0.250 e. The van der Waals surface area contributed by atoms with Gasteiger partial charge in [0.05, 0.1) is 19.9 Å². The highest BCUT2D eigenvalue weighted by atomic mass is 16.5. The molecule has 1 aromatic carbocycles. The number of hydrogen-bond acceptors (Lipinski definition) is 7. The molecule has 1 aromatic heterocycles. The summed E-state index contributed by atoms with van der Waals surface area (Å²) in [6.45, 7) is 0. The average Bonchev–Trinajstić information content (AvgIpc) is 2.60. The zero-order valence-corrected chi connectivity index (χ0v) is 12.5. The molecule has 0 fully saturated rings. The molecule has 3 rings (SSSR count). The molecule has 0 unspecified atom stereocenters. The quantitative estimate of drug-likeness (QED) is 0.921.